The van der Waals surface area contributed by atoms with Crippen molar-refractivity contribution in [2.24, 2.45) is 0 Å². The van der Waals surface area contributed by atoms with Crippen LogP contribution in [0.5, 0.6) is 0 Å². The minimum atomic E-state index is 0. The average Bonchev–Trinajstić information content (AvgIpc) is 1.91. The van der Waals surface area contributed by atoms with E-state index in [0.29, 0.717) is 0 Å². The molecule has 56 valence electrons. The molecule has 0 aliphatic carbocycles. The first-order valence-electron chi connectivity index (χ1n) is 3.26. The molecule has 0 saturated carbocycles. The summed E-state index contributed by atoms with van der Waals surface area (Å²) in [7, 11) is 0. The van der Waals surface area contributed by atoms with Crippen molar-refractivity contribution < 1.29 is 22.7 Å². The molecule has 0 spiro atoms. The van der Waals surface area contributed by atoms with Crippen LogP contribution in [0.15, 0.2) is 30.3 Å². The van der Waals surface area contributed by atoms with Crippen molar-refractivity contribution >= 4 is 0 Å². The third kappa shape index (κ3) is 2.99. The van der Waals surface area contributed by atoms with Gasteiger partial charge in [-0.15, -0.1) is 0 Å². The van der Waals surface area contributed by atoms with Crippen molar-refractivity contribution in [1.29, 1.82) is 0 Å². The van der Waals surface area contributed by atoms with Gasteiger partial charge in [0.2, 0.25) is 0 Å². The number of hydrogen-bond donors (Lipinski definition) is 1. The Hall–Kier alpha value is -0.340. The predicted octanol–water partition coefficient (Wildman–Crippen LogP) is -2.52. The molecule has 2 heteroatoms. The summed E-state index contributed by atoms with van der Waals surface area (Å²) in [4.78, 5) is 0. The van der Waals surface area contributed by atoms with Gasteiger partial charge in [0.25, 0.3) is 0 Å². The molecule has 0 aliphatic heterocycles. The molecule has 3 N–H and O–H groups in total. The van der Waals surface area contributed by atoms with Crippen LogP contribution in [0, 0.1) is 0 Å². The van der Waals surface area contributed by atoms with Gasteiger partial charge in [-0.3, -0.25) is 0 Å². The fourth-order valence-corrected chi connectivity index (χ4v) is 0.849. The SMILES string of the molecule is [Br-].[NH3+]CCc1ccccc1. The Morgan fingerprint density at radius 2 is 1.70 bits per heavy atom. The highest BCUT2D eigenvalue weighted by Gasteiger charge is 1.86. The first-order valence-corrected chi connectivity index (χ1v) is 3.26. The summed E-state index contributed by atoms with van der Waals surface area (Å²) in [6.07, 6.45) is 1.10. The van der Waals surface area contributed by atoms with E-state index < -0.39 is 0 Å². The highest BCUT2D eigenvalue weighted by Crippen LogP contribution is 1.96. The maximum atomic E-state index is 3.78. The summed E-state index contributed by atoms with van der Waals surface area (Å²) in [5, 5.41) is 0. The van der Waals surface area contributed by atoms with Crippen LogP contribution in [0.3, 0.4) is 0 Å². The monoisotopic (exact) mass is 201 g/mol. The molecule has 0 radical (unpaired) electrons. The molecule has 0 unspecified atom stereocenters. The normalized spacial score (nSPS) is 8.50. The van der Waals surface area contributed by atoms with Gasteiger partial charge >= 0.3 is 0 Å². The molecule has 1 nitrogen and oxygen atoms in total. The molecule has 0 fully saturated rings. The first-order chi connectivity index (χ1) is 4.43. The van der Waals surface area contributed by atoms with Gasteiger partial charge in [-0.05, 0) is 5.56 Å². The second-order valence-electron chi connectivity index (χ2n) is 2.09. The Morgan fingerprint density at radius 1 is 1.10 bits per heavy atom. The summed E-state index contributed by atoms with van der Waals surface area (Å²) in [6.45, 7) is 0.990. The van der Waals surface area contributed by atoms with Crippen molar-refractivity contribution in [2.75, 3.05) is 6.54 Å². The Balaban J connectivity index is 0.000000810. The van der Waals surface area contributed by atoms with E-state index in [-0.39, 0.29) is 17.0 Å². The summed E-state index contributed by atoms with van der Waals surface area (Å²) in [5.41, 5.74) is 5.16. The zero-order valence-electron chi connectivity index (χ0n) is 5.89. The van der Waals surface area contributed by atoms with Gasteiger partial charge in [-0.25, -0.2) is 0 Å². The lowest BCUT2D eigenvalue weighted by atomic mass is 10.2. The number of halogens is 1. The minimum Gasteiger partial charge on any atom is -1.00 e. The van der Waals surface area contributed by atoms with E-state index >= 15 is 0 Å². The van der Waals surface area contributed by atoms with Crippen LogP contribution in [0.2, 0.25) is 0 Å². The zero-order valence-corrected chi connectivity index (χ0v) is 7.47. The molecule has 0 aliphatic rings. The lowest BCUT2D eigenvalue weighted by Crippen LogP contribution is -3.00. The van der Waals surface area contributed by atoms with Gasteiger partial charge in [0, 0.05) is 6.42 Å². The topological polar surface area (TPSA) is 27.6 Å². The van der Waals surface area contributed by atoms with Crippen LogP contribution in [0.1, 0.15) is 5.56 Å². The zero-order chi connectivity index (χ0) is 6.53. The van der Waals surface area contributed by atoms with E-state index in [1.54, 1.807) is 0 Å². The van der Waals surface area contributed by atoms with Gasteiger partial charge in [0.05, 0.1) is 6.54 Å². The maximum absolute atomic E-state index is 3.78. The molecule has 1 rings (SSSR count). The summed E-state index contributed by atoms with van der Waals surface area (Å²) in [5.74, 6) is 0. The number of hydrogen-bond acceptors (Lipinski definition) is 0. The van der Waals surface area contributed by atoms with Gasteiger partial charge in [-0.1, -0.05) is 30.3 Å². The molecule has 0 atom stereocenters. The van der Waals surface area contributed by atoms with E-state index in [1.165, 1.54) is 5.56 Å². The Labute approximate surface area is 72.0 Å². The molecule has 10 heavy (non-hydrogen) atoms. The minimum absolute atomic E-state index is 0. The number of rotatable bonds is 2. The van der Waals surface area contributed by atoms with Crippen LogP contribution in [-0.2, 0) is 6.42 Å². The smallest absolute Gasteiger partial charge is 0.0780 e. The summed E-state index contributed by atoms with van der Waals surface area (Å²) >= 11 is 0. The standard InChI is InChI=1S/C8H11N.BrH/c9-7-6-8-4-2-1-3-5-8;/h1-5H,6-7,9H2;1H. The molecule has 1 aromatic rings. The molecule has 0 amide bonds. The Morgan fingerprint density at radius 3 is 2.20 bits per heavy atom. The van der Waals surface area contributed by atoms with Crippen molar-refractivity contribution in [1.82, 2.24) is 0 Å². The number of benzene rings is 1. The summed E-state index contributed by atoms with van der Waals surface area (Å²) < 4.78 is 0. The fourth-order valence-electron chi connectivity index (χ4n) is 0.849. The van der Waals surface area contributed by atoms with Gasteiger partial charge in [0.1, 0.15) is 0 Å². The fraction of sp³-hybridized carbons (Fsp3) is 0.250. The third-order valence-corrected chi connectivity index (χ3v) is 1.31. The van der Waals surface area contributed by atoms with Gasteiger partial charge in [-0.2, -0.15) is 0 Å². The summed E-state index contributed by atoms with van der Waals surface area (Å²) in [6, 6.07) is 10.4. The molecular weight excluding hydrogens is 190 g/mol. The average molecular weight is 202 g/mol. The Kier molecular flexibility index (Phi) is 5.26. The number of quaternary nitrogens is 1. The highest BCUT2D eigenvalue weighted by molar-refractivity contribution is 5.14. The molecule has 0 aromatic heterocycles. The van der Waals surface area contributed by atoms with E-state index in [2.05, 4.69) is 30.0 Å². The van der Waals surface area contributed by atoms with Crippen molar-refractivity contribution in [3.63, 3.8) is 0 Å². The Bertz CT molecular complexity index is 162. The second kappa shape index (κ2) is 5.45. The van der Waals surface area contributed by atoms with E-state index in [9.17, 15) is 0 Å². The first kappa shape index (κ1) is 9.66. The molecule has 1 aromatic carbocycles. The van der Waals surface area contributed by atoms with Crippen molar-refractivity contribution in [3.05, 3.63) is 35.9 Å². The van der Waals surface area contributed by atoms with Crippen LogP contribution >= 0.6 is 0 Å². The lowest BCUT2D eigenvalue weighted by molar-refractivity contribution is -0.366. The molecule has 0 bridgehead atoms. The molecule has 0 saturated heterocycles. The van der Waals surface area contributed by atoms with E-state index in [4.69, 9.17) is 0 Å². The van der Waals surface area contributed by atoms with Gasteiger partial charge < -0.3 is 22.7 Å². The van der Waals surface area contributed by atoms with E-state index in [0.717, 1.165) is 13.0 Å². The van der Waals surface area contributed by atoms with Crippen LogP contribution in [0.4, 0.5) is 0 Å². The second-order valence-corrected chi connectivity index (χ2v) is 2.09. The van der Waals surface area contributed by atoms with Gasteiger partial charge in [0.15, 0.2) is 0 Å². The lowest BCUT2D eigenvalue weighted by Gasteiger charge is -1.92. The maximum Gasteiger partial charge on any atom is 0.0780 e. The molecular formula is C8H12BrN. The van der Waals surface area contributed by atoms with Crippen LogP contribution in [-0.4, -0.2) is 6.54 Å². The highest BCUT2D eigenvalue weighted by atomic mass is 79.9. The molecule has 0 heterocycles. The van der Waals surface area contributed by atoms with E-state index in [1.807, 2.05) is 6.07 Å². The van der Waals surface area contributed by atoms with Crippen LogP contribution in [0.25, 0.3) is 0 Å². The predicted molar refractivity (Wildman–Crippen MR) is 37.9 cm³/mol. The van der Waals surface area contributed by atoms with Crippen LogP contribution < -0.4 is 22.7 Å². The quantitative estimate of drug-likeness (QED) is 0.548. The third-order valence-electron chi connectivity index (χ3n) is 1.31. The van der Waals surface area contributed by atoms with Crippen molar-refractivity contribution in [2.45, 2.75) is 6.42 Å². The largest absolute Gasteiger partial charge is 1.00 e. The van der Waals surface area contributed by atoms with Crippen molar-refractivity contribution in [3.8, 4) is 0 Å².